The van der Waals surface area contributed by atoms with Crippen LogP contribution >= 0.6 is 22.9 Å². The number of carbonyl (C=O) groups excluding carboxylic acids is 1. The van der Waals surface area contributed by atoms with Gasteiger partial charge in [-0.1, -0.05) is 0 Å². The van der Waals surface area contributed by atoms with Crippen LogP contribution in [0.5, 0.6) is 0 Å². The molecule has 1 rings (SSSR count). The second kappa shape index (κ2) is 4.58. The SMILES string of the molecule is Cc1ncc(CN(C)C(=O)CCl)s1. The van der Waals surface area contributed by atoms with Gasteiger partial charge in [-0.25, -0.2) is 4.98 Å². The molecule has 1 aromatic heterocycles. The summed E-state index contributed by atoms with van der Waals surface area (Å²) >= 11 is 7.01. The largest absolute Gasteiger partial charge is 0.340 e. The van der Waals surface area contributed by atoms with Crippen molar-refractivity contribution in [1.82, 2.24) is 9.88 Å². The van der Waals surface area contributed by atoms with E-state index in [0.29, 0.717) is 6.54 Å². The van der Waals surface area contributed by atoms with E-state index in [9.17, 15) is 4.79 Å². The summed E-state index contributed by atoms with van der Waals surface area (Å²) in [6.45, 7) is 2.54. The van der Waals surface area contributed by atoms with E-state index in [1.165, 1.54) is 0 Å². The first-order valence-corrected chi connectivity index (χ1v) is 5.20. The van der Waals surface area contributed by atoms with E-state index in [4.69, 9.17) is 11.6 Å². The Morgan fingerprint density at radius 3 is 2.92 bits per heavy atom. The van der Waals surface area contributed by atoms with Crippen molar-refractivity contribution >= 4 is 28.8 Å². The van der Waals surface area contributed by atoms with Crippen molar-refractivity contribution in [3.63, 3.8) is 0 Å². The molecule has 1 aromatic rings. The van der Waals surface area contributed by atoms with E-state index in [1.807, 2.05) is 6.92 Å². The number of nitrogens with zero attached hydrogens (tertiary/aromatic N) is 2. The van der Waals surface area contributed by atoms with E-state index in [2.05, 4.69) is 4.98 Å². The molecular weight excluding hydrogens is 208 g/mol. The number of carbonyl (C=O) groups is 1. The Morgan fingerprint density at radius 1 is 1.77 bits per heavy atom. The van der Waals surface area contributed by atoms with E-state index < -0.39 is 0 Å². The summed E-state index contributed by atoms with van der Waals surface area (Å²) in [4.78, 5) is 17.9. The van der Waals surface area contributed by atoms with E-state index >= 15 is 0 Å². The predicted molar refractivity (Wildman–Crippen MR) is 54.0 cm³/mol. The fourth-order valence-corrected chi connectivity index (χ4v) is 1.95. The lowest BCUT2D eigenvalue weighted by molar-refractivity contribution is -0.127. The molecular formula is C8H11ClN2OS. The van der Waals surface area contributed by atoms with Crippen LogP contribution in [0.25, 0.3) is 0 Å². The predicted octanol–water partition coefficient (Wildman–Crippen LogP) is 1.65. The third-order valence-electron chi connectivity index (χ3n) is 1.60. The standard InChI is InChI=1S/C8H11ClN2OS/c1-6-10-4-7(13-6)5-11(2)8(12)3-9/h4H,3,5H2,1-2H3. The summed E-state index contributed by atoms with van der Waals surface area (Å²) in [6.07, 6.45) is 1.79. The topological polar surface area (TPSA) is 33.2 Å². The first-order valence-electron chi connectivity index (χ1n) is 3.84. The van der Waals surface area contributed by atoms with Gasteiger partial charge in [0.15, 0.2) is 0 Å². The number of aromatic nitrogens is 1. The molecule has 72 valence electrons. The number of hydrogen-bond donors (Lipinski definition) is 0. The van der Waals surface area contributed by atoms with E-state index in [-0.39, 0.29) is 11.8 Å². The summed E-state index contributed by atoms with van der Waals surface area (Å²) in [5.41, 5.74) is 0. The molecule has 13 heavy (non-hydrogen) atoms. The summed E-state index contributed by atoms with van der Waals surface area (Å²) in [6, 6.07) is 0. The molecule has 0 aromatic carbocycles. The molecule has 3 nitrogen and oxygen atoms in total. The number of thiazole rings is 1. The molecule has 0 atom stereocenters. The van der Waals surface area contributed by atoms with E-state index in [1.54, 1.807) is 29.5 Å². The number of aryl methyl sites for hydroxylation is 1. The lowest BCUT2D eigenvalue weighted by Crippen LogP contribution is -2.26. The van der Waals surface area contributed by atoms with Gasteiger partial charge in [0, 0.05) is 18.1 Å². The van der Waals surface area contributed by atoms with Gasteiger partial charge in [-0.3, -0.25) is 4.79 Å². The van der Waals surface area contributed by atoms with Crippen LogP contribution in [0.4, 0.5) is 0 Å². The van der Waals surface area contributed by atoms with Crippen molar-refractivity contribution in [2.75, 3.05) is 12.9 Å². The monoisotopic (exact) mass is 218 g/mol. The van der Waals surface area contributed by atoms with Crippen LogP contribution in [0.1, 0.15) is 9.88 Å². The summed E-state index contributed by atoms with van der Waals surface area (Å²) < 4.78 is 0. The highest BCUT2D eigenvalue weighted by Crippen LogP contribution is 2.13. The number of alkyl halides is 1. The Morgan fingerprint density at radius 2 is 2.46 bits per heavy atom. The second-order valence-corrected chi connectivity index (χ2v) is 4.32. The Labute approximate surface area is 86.3 Å². The molecule has 1 amide bonds. The number of rotatable bonds is 3. The van der Waals surface area contributed by atoms with Gasteiger partial charge in [-0.15, -0.1) is 22.9 Å². The highest BCUT2D eigenvalue weighted by molar-refractivity contribution is 7.11. The molecule has 5 heteroatoms. The average molecular weight is 219 g/mol. The van der Waals surface area contributed by atoms with Gasteiger partial charge in [0.1, 0.15) is 5.88 Å². The third kappa shape index (κ3) is 2.97. The molecule has 0 bridgehead atoms. The number of amides is 1. The zero-order chi connectivity index (χ0) is 9.84. The lowest BCUT2D eigenvalue weighted by Gasteiger charge is -2.13. The van der Waals surface area contributed by atoms with Gasteiger partial charge in [-0.2, -0.15) is 0 Å². The van der Waals surface area contributed by atoms with Gasteiger partial charge in [-0.05, 0) is 6.92 Å². The van der Waals surface area contributed by atoms with Gasteiger partial charge < -0.3 is 4.90 Å². The van der Waals surface area contributed by atoms with Gasteiger partial charge in [0.2, 0.25) is 5.91 Å². The number of hydrogen-bond acceptors (Lipinski definition) is 3. The van der Waals surface area contributed by atoms with Gasteiger partial charge in [0.05, 0.1) is 11.6 Å². The molecule has 0 radical (unpaired) electrons. The minimum Gasteiger partial charge on any atom is -0.340 e. The van der Waals surface area contributed by atoms with Crippen molar-refractivity contribution in [3.8, 4) is 0 Å². The Hall–Kier alpha value is -0.610. The van der Waals surface area contributed by atoms with Crippen LogP contribution in [-0.2, 0) is 11.3 Å². The van der Waals surface area contributed by atoms with Crippen LogP contribution in [0.3, 0.4) is 0 Å². The van der Waals surface area contributed by atoms with Gasteiger partial charge in [0.25, 0.3) is 0 Å². The molecule has 0 fully saturated rings. The maximum Gasteiger partial charge on any atom is 0.237 e. The summed E-state index contributed by atoms with van der Waals surface area (Å²) in [5, 5.41) is 1.02. The summed E-state index contributed by atoms with van der Waals surface area (Å²) in [5.74, 6) is -0.0263. The van der Waals surface area contributed by atoms with Crippen molar-refractivity contribution in [3.05, 3.63) is 16.1 Å². The first kappa shape index (κ1) is 10.5. The molecule has 1 heterocycles. The molecule has 0 aliphatic heterocycles. The first-order chi connectivity index (χ1) is 6.13. The Balaban J connectivity index is 2.54. The molecule has 0 unspecified atom stereocenters. The molecule has 0 N–H and O–H groups in total. The Bertz CT molecular complexity index is 300. The highest BCUT2D eigenvalue weighted by Gasteiger charge is 2.08. The quantitative estimate of drug-likeness (QED) is 0.723. The fourth-order valence-electron chi connectivity index (χ4n) is 0.902. The molecule has 0 saturated heterocycles. The van der Waals surface area contributed by atoms with Crippen LogP contribution < -0.4 is 0 Å². The summed E-state index contributed by atoms with van der Waals surface area (Å²) in [7, 11) is 1.74. The zero-order valence-electron chi connectivity index (χ0n) is 7.58. The van der Waals surface area contributed by atoms with Gasteiger partial charge >= 0.3 is 0 Å². The van der Waals surface area contributed by atoms with Crippen molar-refractivity contribution in [2.45, 2.75) is 13.5 Å². The fraction of sp³-hybridized carbons (Fsp3) is 0.500. The highest BCUT2D eigenvalue weighted by atomic mass is 35.5. The maximum atomic E-state index is 11.1. The van der Waals surface area contributed by atoms with Crippen LogP contribution in [0.2, 0.25) is 0 Å². The van der Waals surface area contributed by atoms with Crippen molar-refractivity contribution in [1.29, 1.82) is 0 Å². The molecule has 0 spiro atoms. The third-order valence-corrected chi connectivity index (χ3v) is 2.73. The average Bonchev–Trinajstić information content (AvgIpc) is 2.49. The smallest absolute Gasteiger partial charge is 0.237 e. The maximum absolute atomic E-state index is 11.1. The van der Waals surface area contributed by atoms with Crippen LogP contribution in [0.15, 0.2) is 6.20 Å². The Kier molecular flexibility index (Phi) is 3.69. The van der Waals surface area contributed by atoms with E-state index in [0.717, 1.165) is 9.88 Å². The second-order valence-electron chi connectivity index (χ2n) is 2.73. The number of halogens is 1. The van der Waals surface area contributed by atoms with Crippen LogP contribution in [0, 0.1) is 6.92 Å². The minimum atomic E-state index is -0.0623. The van der Waals surface area contributed by atoms with Crippen LogP contribution in [-0.4, -0.2) is 28.7 Å². The molecule has 0 saturated carbocycles. The lowest BCUT2D eigenvalue weighted by atomic mass is 10.5. The van der Waals surface area contributed by atoms with Crippen molar-refractivity contribution in [2.24, 2.45) is 0 Å². The minimum absolute atomic E-state index is 0.0360. The molecule has 0 aliphatic rings. The van der Waals surface area contributed by atoms with Crippen molar-refractivity contribution < 1.29 is 4.79 Å². The normalized spacial score (nSPS) is 10.1. The molecule has 0 aliphatic carbocycles. The zero-order valence-corrected chi connectivity index (χ0v) is 9.15.